The molecule has 47 heavy (non-hydrogen) atoms. The molecule has 5 aromatic rings. The molecule has 0 bridgehead atoms. The minimum atomic E-state index is -0.774. The molecule has 1 fully saturated rings. The molecule has 246 valence electrons. The van der Waals surface area contributed by atoms with Crippen LogP contribution in [0.4, 0.5) is 11.4 Å². The van der Waals surface area contributed by atoms with E-state index in [-0.39, 0.29) is 31.0 Å². The third-order valence-corrected chi connectivity index (χ3v) is 8.69. The minimum Gasteiger partial charge on any atom is -0.491 e. The Bertz CT molecular complexity index is 1710. The van der Waals surface area contributed by atoms with E-state index in [4.69, 9.17) is 9.47 Å². The molecule has 11 heteroatoms. The normalized spacial score (nSPS) is 15.4. The number of aromatic nitrogens is 5. The predicted molar refractivity (Wildman–Crippen MR) is 183 cm³/mol. The first-order valence-corrected chi connectivity index (χ1v) is 16.3. The van der Waals surface area contributed by atoms with Crippen molar-refractivity contribution in [1.82, 2.24) is 24.1 Å². The molecule has 1 unspecified atom stereocenters. The van der Waals surface area contributed by atoms with E-state index in [2.05, 4.69) is 44.3 Å². The maximum Gasteiger partial charge on any atom is 0.350 e. The molecule has 0 aliphatic carbocycles. The van der Waals surface area contributed by atoms with Gasteiger partial charge in [0, 0.05) is 49.9 Å². The summed E-state index contributed by atoms with van der Waals surface area (Å²) in [4.78, 5) is 17.5. The topological polar surface area (TPSA) is 103 Å². The van der Waals surface area contributed by atoms with Crippen molar-refractivity contribution in [2.24, 2.45) is 0 Å². The molecule has 2 aromatic heterocycles. The van der Waals surface area contributed by atoms with Crippen molar-refractivity contribution in [3.8, 4) is 11.4 Å². The molecule has 6 rings (SSSR count). The van der Waals surface area contributed by atoms with E-state index in [1.54, 1.807) is 17.1 Å². The van der Waals surface area contributed by atoms with Crippen LogP contribution in [0, 0.1) is 0 Å². The monoisotopic (exact) mass is 637 g/mol. The first-order chi connectivity index (χ1) is 23.0. The quantitative estimate of drug-likeness (QED) is 0.187. The Kier molecular flexibility index (Phi) is 10.3. The van der Waals surface area contributed by atoms with Crippen LogP contribution in [0.15, 0.2) is 108 Å². The van der Waals surface area contributed by atoms with Crippen LogP contribution in [0.25, 0.3) is 5.69 Å². The molecule has 0 saturated carbocycles. The van der Waals surface area contributed by atoms with Gasteiger partial charge in [-0.2, -0.15) is 10.2 Å². The number of hydrogen-bond acceptors (Lipinski definition) is 8. The highest BCUT2D eigenvalue weighted by Crippen LogP contribution is 2.24. The Morgan fingerprint density at radius 3 is 2.06 bits per heavy atom. The van der Waals surface area contributed by atoms with Crippen molar-refractivity contribution in [2.45, 2.75) is 45.1 Å². The van der Waals surface area contributed by atoms with Crippen molar-refractivity contribution in [3.05, 3.63) is 120 Å². The van der Waals surface area contributed by atoms with E-state index < -0.39 is 6.10 Å². The lowest BCUT2D eigenvalue weighted by Gasteiger charge is -2.37. The van der Waals surface area contributed by atoms with Gasteiger partial charge in [0.1, 0.15) is 30.9 Å². The second kappa shape index (κ2) is 15.1. The Labute approximate surface area is 275 Å². The number of hydrogen-bond donors (Lipinski definition) is 1. The van der Waals surface area contributed by atoms with Crippen LogP contribution in [0.3, 0.4) is 0 Å². The van der Waals surface area contributed by atoms with Gasteiger partial charge in [0.2, 0.25) is 0 Å². The molecular weight excluding hydrogens is 594 g/mol. The zero-order chi connectivity index (χ0) is 32.6. The number of ether oxygens (including phenoxy) is 2. The fourth-order valence-corrected chi connectivity index (χ4v) is 5.74. The Balaban J connectivity index is 0.961. The average Bonchev–Trinajstić information content (AvgIpc) is 3.79. The van der Waals surface area contributed by atoms with E-state index >= 15 is 0 Å². The number of aliphatic hydroxyl groups is 1. The summed E-state index contributed by atoms with van der Waals surface area (Å²) >= 11 is 0. The van der Waals surface area contributed by atoms with Gasteiger partial charge < -0.3 is 24.4 Å². The van der Waals surface area contributed by atoms with Crippen molar-refractivity contribution in [1.29, 1.82) is 0 Å². The third-order valence-electron chi connectivity index (χ3n) is 8.69. The van der Waals surface area contributed by atoms with Gasteiger partial charge in [-0.25, -0.2) is 14.0 Å². The summed E-state index contributed by atoms with van der Waals surface area (Å²) in [6.45, 7) is 8.44. The SMILES string of the molecule is CC[C@@H](C)n1ncn(-c2ccc(N3CCN(c4ccc(OC[C@H](O)COC(Cn5cccn5)c5ccccc5)cc4)CC3)cc2)c1=O. The van der Waals surface area contributed by atoms with Gasteiger partial charge in [0.05, 0.1) is 24.9 Å². The molecule has 1 aliphatic heterocycles. The molecular formula is C36H43N7O4. The molecule has 1 saturated heterocycles. The fraction of sp³-hybridized carbons (Fsp3) is 0.361. The summed E-state index contributed by atoms with van der Waals surface area (Å²) in [5, 5.41) is 19.2. The summed E-state index contributed by atoms with van der Waals surface area (Å²) in [7, 11) is 0. The smallest absolute Gasteiger partial charge is 0.350 e. The summed E-state index contributed by atoms with van der Waals surface area (Å²) in [5.41, 5.74) is 4.01. The molecule has 0 spiro atoms. The van der Waals surface area contributed by atoms with Crippen molar-refractivity contribution in [3.63, 3.8) is 0 Å². The van der Waals surface area contributed by atoms with Gasteiger partial charge in [0.15, 0.2) is 0 Å². The van der Waals surface area contributed by atoms with Crippen LogP contribution >= 0.6 is 0 Å². The van der Waals surface area contributed by atoms with Crippen LogP contribution in [0.2, 0.25) is 0 Å². The van der Waals surface area contributed by atoms with Crippen LogP contribution < -0.4 is 20.2 Å². The van der Waals surface area contributed by atoms with Gasteiger partial charge >= 0.3 is 5.69 Å². The van der Waals surface area contributed by atoms with Crippen LogP contribution in [0.1, 0.15) is 38.0 Å². The van der Waals surface area contributed by atoms with Crippen LogP contribution in [-0.2, 0) is 11.3 Å². The van der Waals surface area contributed by atoms with Gasteiger partial charge in [-0.3, -0.25) is 4.68 Å². The van der Waals surface area contributed by atoms with E-state index in [0.29, 0.717) is 12.3 Å². The van der Waals surface area contributed by atoms with Crippen molar-refractivity contribution >= 4 is 11.4 Å². The lowest BCUT2D eigenvalue weighted by molar-refractivity contribution is -0.0326. The Morgan fingerprint density at radius 2 is 1.45 bits per heavy atom. The molecule has 1 N–H and O–H groups in total. The maximum absolute atomic E-state index is 12.8. The van der Waals surface area contributed by atoms with Gasteiger partial charge in [-0.05, 0) is 73.5 Å². The number of piperazine rings is 1. The second-order valence-electron chi connectivity index (χ2n) is 11.9. The largest absolute Gasteiger partial charge is 0.491 e. The molecule has 11 nitrogen and oxygen atoms in total. The van der Waals surface area contributed by atoms with Crippen molar-refractivity contribution in [2.75, 3.05) is 49.2 Å². The number of nitrogens with zero attached hydrogens (tertiary/aromatic N) is 7. The zero-order valence-electron chi connectivity index (χ0n) is 27.0. The van der Waals surface area contributed by atoms with Crippen LogP contribution in [0.5, 0.6) is 5.75 Å². The second-order valence-corrected chi connectivity index (χ2v) is 11.9. The lowest BCUT2D eigenvalue weighted by Crippen LogP contribution is -2.46. The molecule has 3 aromatic carbocycles. The van der Waals surface area contributed by atoms with Gasteiger partial charge in [-0.15, -0.1) is 0 Å². The maximum atomic E-state index is 12.8. The summed E-state index contributed by atoms with van der Waals surface area (Å²) < 4.78 is 17.0. The average molecular weight is 638 g/mol. The zero-order valence-corrected chi connectivity index (χ0v) is 27.0. The first-order valence-electron chi connectivity index (χ1n) is 16.3. The first kappa shape index (κ1) is 32.1. The Morgan fingerprint density at radius 1 is 0.809 bits per heavy atom. The highest BCUT2D eigenvalue weighted by atomic mass is 16.5. The third kappa shape index (κ3) is 7.93. The minimum absolute atomic E-state index is 0.0685. The lowest BCUT2D eigenvalue weighted by atomic mass is 10.1. The van der Waals surface area contributed by atoms with E-state index in [9.17, 15) is 9.90 Å². The summed E-state index contributed by atoms with van der Waals surface area (Å²) in [5.74, 6) is 0.705. The number of aliphatic hydroxyl groups excluding tert-OH is 1. The number of benzene rings is 3. The van der Waals surface area contributed by atoms with E-state index in [0.717, 1.165) is 55.2 Å². The molecule has 0 radical (unpaired) electrons. The highest BCUT2D eigenvalue weighted by Gasteiger charge is 2.19. The van der Waals surface area contributed by atoms with Crippen molar-refractivity contribution < 1.29 is 14.6 Å². The molecule has 0 amide bonds. The standard InChI is InChI=1S/C36H43N7O4/c1-3-28(2)43-36(45)42(27-38-43)32-12-10-30(11-13-32)39-20-22-40(23-21-39)31-14-16-34(17-15-31)46-25-33(44)26-47-35(24-41-19-7-18-37-41)29-8-5-4-6-9-29/h4-19,27-28,33,35,44H,3,20-26H2,1-2H3/t28-,33+,35?/m1/s1. The number of anilines is 2. The fourth-order valence-electron chi connectivity index (χ4n) is 5.74. The van der Waals surface area contributed by atoms with E-state index in [1.165, 1.54) is 4.68 Å². The Hall–Kier alpha value is -4.87. The van der Waals surface area contributed by atoms with Crippen LogP contribution in [-0.4, -0.2) is 74.7 Å². The van der Waals surface area contributed by atoms with Gasteiger partial charge in [0.25, 0.3) is 0 Å². The molecule has 1 aliphatic rings. The van der Waals surface area contributed by atoms with E-state index in [1.807, 2.05) is 85.4 Å². The predicted octanol–water partition coefficient (Wildman–Crippen LogP) is 4.73. The molecule has 3 atom stereocenters. The molecule has 3 heterocycles. The van der Waals surface area contributed by atoms with Gasteiger partial charge in [-0.1, -0.05) is 37.3 Å². The number of rotatable bonds is 14. The highest BCUT2D eigenvalue weighted by molar-refractivity contribution is 5.54. The summed E-state index contributed by atoms with van der Waals surface area (Å²) in [6.07, 6.45) is 5.09. The summed E-state index contributed by atoms with van der Waals surface area (Å²) in [6, 6.07) is 28.1.